The Labute approximate surface area is 63.5 Å². The van der Waals surface area contributed by atoms with E-state index in [1.54, 1.807) is 0 Å². The number of hydrogen-bond acceptors (Lipinski definition) is 1. The van der Waals surface area contributed by atoms with E-state index in [-0.39, 0.29) is 0 Å². The molecule has 58 valence electrons. The van der Waals surface area contributed by atoms with Gasteiger partial charge in [-0.1, -0.05) is 20.8 Å². The van der Waals surface area contributed by atoms with Crippen LogP contribution < -0.4 is 0 Å². The lowest BCUT2D eigenvalue weighted by molar-refractivity contribution is 0.432. The zero-order valence-corrected chi connectivity index (χ0v) is 7.28. The first-order valence-corrected chi connectivity index (χ1v) is 4.20. The van der Waals surface area contributed by atoms with Crippen LogP contribution in [0, 0.1) is 5.41 Å². The first-order chi connectivity index (χ1) is 4.67. The average Bonchev–Trinajstić information content (AvgIpc) is 1.87. The van der Waals surface area contributed by atoms with Gasteiger partial charge in [0, 0.05) is 17.7 Å². The summed E-state index contributed by atoms with van der Waals surface area (Å²) in [6, 6.07) is 0. The van der Waals surface area contributed by atoms with E-state index in [4.69, 9.17) is 0 Å². The van der Waals surface area contributed by atoms with Crippen LogP contribution in [0.5, 0.6) is 0 Å². The lowest BCUT2D eigenvalue weighted by Gasteiger charge is -2.29. The molecule has 1 heteroatoms. The first-order valence-electron chi connectivity index (χ1n) is 4.20. The molecule has 0 aliphatic carbocycles. The highest BCUT2D eigenvalue weighted by atomic mass is 14.8. The van der Waals surface area contributed by atoms with Crippen LogP contribution in [0.25, 0.3) is 0 Å². The van der Waals surface area contributed by atoms with E-state index in [0.717, 1.165) is 13.0 Å². The SMILES string of the molecule is CCC1=NCCCC1(C)C. The second-order valence-corrected chi connectivity index (χ2v) is 3.67. The van der Waals surface area contributed by atoms with Crippen LogP contribution in [0.15, 0.2) is 4.99 Å². The summed E-state index contributed by atoms with van der Waals surface area (Å²) in [5.41, 5.74) is 1.81. The molecule has 1 aliphatic heterocycles. The molecule has 0 atom stereocenters. The Hall–Kier alpha value is -0.330. The predicted octanol–water partition coefficient (Wildman–Crippen LogP) is 2.66. The number of rotatable bonds is 1. The molecule has 1 nitrogen and oxygen atoms in total. The van der Waals surface area contributed by atoms with Gasteiger partial charge in [0.05, 0.1) is 0 Å². The molecule has 0 radical (unpaired) electrons. The molecule has 10 heavy (non-hydrogen) atoms. The molecule has 0 saturated heterocycles. The quantitative estimate of drug-likeness (QED) is 0.529. The van der Waals surface area contributed by atoms with Gasteiger partial charge < -0.3 is 0 Å². The van der Waals surface area contributed by atoms with Crippen LogP contribution in [-0.4, -0.2) is 12.3 Å². The third-order valence-corrected chi connectivity index (χ3v) is 2.38. The van der Waals surface area contributed by atoms with Crippen LogP contribution in [0.2, 0.25) is 0 Å². The summed E-state index contributed by atoms with van der Waals surface area (Å²) in [4.78, 5) is 4.52. The molecule has 1 aliphatic rings. The monoisotopic (exact) mass is 139 g/mol. The molecule has 1 heterocycles. The number of aliphatic imine (C=N–C) groups is 1. The Balaban J connectivity index is 2.73. The fraction of sp³-hybridized carbons (Fsp3) is 0.889. The van der Waals surface area contributed by atoms with Crippen LogP contribution in [0.4, 0.5) is 0 Å². The van der Waals surface area contributed by atoms with Gasteiger partial charge in [-0.15, -0.1) is 0 Å². The van der Waals surface area contributed by atoms with Crippen molar-refractivity contribution in [3.05, 3.63) is 0 Å². The minimum absolute atomic E-state index is 0.396. The van der Waals surface area contributed by atoms with Crippen molar-refractivity contribution in [1.82, 2.24) is 0 Å². The fourth-order valence-electron chi connectivity index (χ4n) is 1.68. The average molecular weight is 139 g/mol. The molecule has 0 aromatic carbocycles. The van der Waals surface area contributed by atoms with Gasteiger partial charge in [0.1, 0.15) is 0 Å². The van der Waals surface area contributed by atoms with Crippen molar-refractivity contribution < 1.29 is 0 Å². The standard InChI is InChI=1S/C9H17N/c1-4-8-9(2,3)6-5-7-10-8/h4-7H2,1-3H3. The Bertz CT molecular complexity index is 145. The minimum atomic E-state index is 0.396. The van der Waals surface area contributed by atoms with Gasteiger partial charge >= 0.3 is 0 Å². The van der Waals surface area contributed by atoms with E-state index in [2.05, 4.69) is 25.8 Å². The molecule has 0 aromatic rings. The summed E-state index contributed by atoms with van der Waals surface area (Å²) in [6.45, 7) is 7.86. The maximum Gasteiger partial charge on any atom is 0.0389 e. The lowest BCUT2D eigenvalue weighted by atomic mass is 9.80. The Morgan fingerprint density at radius 3 is 2.60 bits per heavy atom. The van der Waals surface area contributed by atoms with E-state index in [1.165, 1.54) is 18.6 Å². The normalized spacial score (nSPS) is 24.1. The van der Waals surface area contributed by atoms with E-state index in [9.17, 15) is 0 Å². The summed E-state index contributed by atoms with van der Waals surface area (Å²) in [7, 11) is 0. The Morgan fingerprint density at radius 1 is 1.50 bits per heavy atom. The van der Waals surface area contributed by atoms with Crippen LogP contribution in [-0.2, 0) is 0 Å². The number of nitrogens with zero attached hydrogens (tertiary/aromatic N) is 1. The van der Waals surface area contributed by atoms with Crippen LogP contribution in [0.1, 0.15) is 40.0 Å². The summed E-state index contributed by atoms with van der Waals surface area (Å²) < 4.78 is 0. The fourth-order valence-corrected chi connectivity index (χ4v) is 1.68. The van der Waals surface area contributed by atoms with Crippen molar-refractivity contribution in [1.29, 1.82) is 0 Å². The number of hydrogen-bond donors (Lipinski definition) is 0. The van der Waals surface area contributed by atoms with Gasteiger partial charge in [-0.05, 0) is 19.3 Å². The van der Waals surface area contributed by atoms with Crippen molar-refractivity contribution in [3.63, 3.8) is 0 Å². The molecule has 0 saturated carbocycles. The summed E-state index contributed by atoms with van der Waals surface area (Å²) in [5.74, 6) is 0. The van der Waals surface area contributed by atoms with Crippen molar-refractivity contribution in [2.45, 2.75) is 40.0 Å². The van der Waals surface area contributed by atoms with E-state index < -0.39 is 0 Å². The minimum Gasteiger partial charge on any atom is -0.294 e. The van der Waals surface area contributed by atoms with Crippen molar-refractivity contribution in [2.75, 3.05) is 6.54 Å². The highest BCUT2D eigenvalue weighted by Crippen LogP contribution is 2.29. The van der Waals surface area contributed by atoms with Gasteiger partial charge in [-0.3, -0.25) is 4.99 Å². The van der Waals surface area contributed by atoms with Gasteiger partial charge in [0.2, 0.25) is 0 Å². The topological polar surface area (TPSA) is 12.4 Å². The van der Waals surface area contributed by atoms with E-state index >= 15 is 0 Å². The van der Waals surface area contributed by atoms with Gasteiger partial charge in [0.15, 0.2) is 0 Å². The highest BCUT2D eigenvalue weighted by Gasteiger charge is 2.25. The van der Waals surface area contributed by atoms with Crippen molar-refractivity contribution >= 4 is 5.71 Å². The molecule has 0 aromatic heterocycles. The molecule has 0 amide bonds. The Kier molecular flexibility index (Phi) is 2.12. The molecule has 0 bridgehead atoms. The molecular formula is C9H17N. The first kappa shape index (κ1) is 7.77. The molecule has 0 unspecified atom stereocenters. The zero-order chi connectivity index (χ0) is 7.61. The second kappa shape index (κ2) is 2.73. The molecule has 0 fully saturated rings. The molecule has 1 rings (SSSR count). The Morgan fingerprint density at radius 2 is 2.20 bits per heavy atom. The summed E-state index contributed by atoms with van der Waals surface area (Å²) >= 11 is 0. The third kappa shape index (κ3) is 1.39. The van der Waals surface area contributed by atoms with Crippen LogP contribution >= 0.6 is 0 Å². The summed E-state index contributed by atoms with van der Waals surface area (Å²) in [6.07, 6.45) is 3.73. The molecule has 0 spiro atoms. The molecule has 0 N–H and O–H groups in total. The van der Waals surface area contributed by atoms with E-state index in [0.29, 0.717) is 5.41 Å². The van der Waals surface area contributed by atoms with Gasteiger partial charge in [-0.2, -0.15) is 0 Å². The predicted molar refractivity (Wildman–Crippen MR) is 45.6 cm³/mol. The maximum atomic E-state index is 4.52. The van der Waals surface area contributed by atoms with E-state index in [1.807, 2.05) is 0 Å². The third-order valence-electron chi connectivity index (χ3n) is 2.38. The molecular weight excluding hydrogens is 122 g/mol. The van der Waals surface area contributed by atoms with Crippen LogP contribution in [0.3, 0.4) is 0 Å². The highest BCUT2D eigenvalue weighted by molar-refractivity contribution is 5.89. The smallest absolute Gasteiger partial charge is 0.0389 e. The van der Waals surface area contributed by atoms with Gasteiger partial charge in [0.25, 0.3) is 0 Å². The zero-order valence-electron chi connectivity index (χ0n) is 7.28. The summed E-state index contributed by atoms with van der Waals surface area (Å²) in [5, 5.41) is 0. The lowest BCUT2D eigenvalue weighted by Crippen LogP contribution is -2.27. The van der Waals surface area contributed by atoms with Gasteiger partial charge in [-0.25, -0.2) is 0 Å². The second-order valence-electron chi connectivity index (χ2n) is 3.67. The largest absolute Gasteiger partial charge is 0.294 e. The van der Waals surface area contributed by atoms with Crippen molar-refractivity contribution in [2.24, 2.45) is 10.4 Å². The van der Waals surface area contributed by atoms with Crippen molar-refractivity contribution in [3.8, 4) is 0 Å². The maximum absolute atomic E-state index is 4.52.